The molecule has 112 valence electrons. The summed E-state index contributed by atoms with van der Waals surface area (Å²) in [5.74, 6) is 1.47. The molecule has 0 saturated heterocycles. The standard InChI is InChI=1S/C16H25NO3/c1-12(17-11-16(18)8-4-5-9-16)13-6-7-14(19-2)15(10-13)20-3/h6-7,10,12,17-18H,4-5,8-9,11H2,1-3H3. The zero-order valence-corrected chi connectivity index (χ0v) is 12.6. The molecule has 1 atom stereocenters. The van der Waals surface area contributed by atoms with Gasteiger partial charge in [0, 0.05) is 12.6 Å². The quantitative estimate of drug-likeness (QED) is 0.840. The predicted octanol–water partition coefficient (Wildman–Crippen LogP) is 2.66. The van der Waals surface area contributed by atoms with Crippen molar-refractivity contribution in [1.29, 1.82) is 0 Å². The summed E-state index contributed by atoms with van der Waals surface area (Å²) in [4.78, 5) is 0. The van der Waals surface area contributed by atoms with Gasteiger partial charge in [-0.25, -0.2) is 0 Å². The predicted molar refractivity (Wildman–Crippen MR) is 79.4 cm³/mol. The Kier molecular flexibility index (Phi) is 4.89. The van der Waals surface area contributed by atoms with Crippen molar-refractivity contribution in [2.45, 2.75) is 44.2 Å². The van der Waals surface area contributed by atoms with Crippen LogP contribution in [0.25, 0.3) is 0 Å². The van der Waals surface area contributed by atoms with Gasteiger partial charge in [0.25, 0.3) is 0 Å². The van der Waals surface area contributed by atoms with Gasteiger partial charge in [-0.05, 0) is 37.5 Å². The van der Waals surface area contributed by atoms with E-state index in [1.165, 1.54) is 0 Å². The minimum Gasteiger partial charge on any atom is -0.493 e. The fourth-order valence-corrected chi connectivity index (χ4v) is 2.79. The van der Waals surface area contributed by atoms with Crippen LogP contribution in [0.4, 0.5) is 0 Å². The monoisotopic (exact) mass is 279 g/mol. The molecular formula is C16H25NO3. The zero-order chi connectivity index (χ0) is 14.6. The van der Waals surface area contributed by atoms with Gasteiger partial charge >= 0.3 is 0 Å². The van der Waals surface area contributed by atoms with Gasteiger partial charge in [0.05, 0.1) is 19.8 Å². The van der Waals surface area contributed by atoms with Crippen molar-refractivity contribution in [3.8, 4) is 11.5 Å². The number of hydrogen-bond acceptors (Lipinski definition) is 4. The highest BCUT2D eigenvalue weighted by Gasteiger charge is 2.31. The summed E-state index contributed by atoms with van der Waals surface area (Å²) in [5, 5.41) is 13.8. The molecule has 1 unspecified atom stereocenters. The molecule has 4 nitrogen and oxygen atoms in total. The molecule has 0 bridgehead atoms. The maximum Gasteiger partial charge on any atom is 0.161 e. The van der Waals surface area contributed by atoms with Gasteiger partial charge in [0.15, 0.2) is 11.5 Å². The third kappa shape index (κ3) is 3.44. The van der Waals surface area contributed by atoms with Gasteiger partial charge in [-0.3, -0.25) is 0 Å². The van der Waals surface area contributed by atoms with E-state index in [0.717, 1.165) is 42.7 Å². The number of nitrogens with one attached hydrogen (secondary N) is 1. The van der Waals surface area contributed by atoms with Gasteiger partial charge < -0.3 is 19.9 Å². The number of rotatable bonds is 6. The fraction of sp³-hybridized carbons (Fsp3) is 0.625. The Hall–Kier alpha value is -1.26. The molecule has 2 N–H and O–H groups in total. The summed E-state index contributed by atoms with van der Waals surface area (Å²) in [6.07, 6.45) is 4.06. The lowest BCUT2D eigenvalue weighted by Gasteiger charge is -2.25. The second-order valence-corrected chi connectivity index (χ2v) is 5.65. The molecule has 0 amide bonds. The second-order valence-electron chi connectivity index (χ2n) is 5.65. The number of benzene rings is 1. The molecule has 0 radical (unpaired) electrons. The van der Waals surface area contributed by atoms with Gasteiger partial charge in [-0.2, -0.15) is 0 Å². The molecule has 0 heterocycles. The van der Waals surface area contributed by atoms with E-state index in [4.69, 9.17) is 9.47 Å². The molecule has 1 aromatic rings. The normalized spacial score (nSPS) is 18.8. The van der Waals surface area contributed by atoms with Gasteiger partial charge in [-0.1, -0.05) is 18.9 Å². The van der Waals surface area contributed by atoms with Crippen molar-refractivity contribution in [2.75, 3.05) is 20.8 Å². The fourth-order valence-electron chi connectivity index (χ4n) is 2.79. The lowest BCUT2D eigenvalue weighted by atomic mass is 10.0. The van der Waals surface area contributed by atoms with Crippen LogP contribution >= 0.6 is 0 Å². The van der Waals surface area contributed by atoms with Gasteiger partial charge in [0.2, 0.25) is 0 Å². The van der Waals surface area contributed by atoms with E-state index in [9.17, 15) is 5.11 Å². The van der Waals surface area contributed by atoms with Crippen molar-refractivity contribution in [3.05, 3.63) is 23.8 Å². The van der Waals surface area contributed by atoms with E-state index >= 15 is 0 Å². The molecule has 4 heteroatoms. The molecule has 0 aliphatic heterocycles. The highest BCUT2D eigenvalue weighted by molar-refractivity contribution is 5.43. The molecule has 1 aliphatic rings. The Morgan fingerprint density at radius 1 is 1.20 bits per heavy atom. The maximum atomic E-state index is 10.4. The summed E-state index contributed by atoms with van der Waals surface area (Å²) in [7, 11) is 3.27. The third-order valence-electron chi connectivity index (χ3n) is 4.18. The summed E-state index contributed by atoms with van der Waals surface area (Å²) in [6.45, 7) is 2.74. The van der Waals surface area contributed by atoms with Crippen LogP contribution < -0.4 is 14.8 Å². The smallest absolute Gasteiger partial charge is 0.161 e. The van der Waals surface area contributed by atoms with Crippen molar-refractivity contribution in [2.24, 2.45) is 0 Å². The van der Waals surface area contributed by atoms with Gasteiger partial charge in [0.1, 0.15) is 0 Å². The lowest BCUT2D eigenvalue weighted by molar-refractivity contribution is 0.0453. The Morgan fingerprint density at radius 2 is 1.85 bits per heavy atom. The summed E-state index contributed by atoms with van der Waals surface area (Å²) < 4.78 is 10.6. The first-order valence-corrected chi connectivity index (χ1v) is 7.26. The molecule has 1 fully saturated rings. The lowest BCUT2D eigenvalue weighted by Crippen LogP contribution is -2.39. The van der Waals surface area contributed by atoms with Crippen LogP contribution in [-0.4, -0.2) is 31.5 Å². The maximum absolute atomic E-state index is 10.4. The summed E-state index contributed by atoms with van der Waals surface area (Å²) in [5.41, 5.74) is 0.606. The SMILES string of the molecule is COc1ccc(C(C)NCC2(O)CCCC2)cc1OC. The van der Waals surface area contributed by atoms with Gasteiger partial charge in [-0.15, -0.1) is 0 Å². The molecule has 1 aromatic carbocycles. The van der Waals surface area contributed by atoms with Crippen molar-refractivity contribution >= 4 is 0 Å². The topological polar surface area (TPSA) is 50.7 Å². The van der Waals surface area contributed by atoms with Crippen LogP contribution in [0.15, 0.2) is 18.2 Å². The molecular weight excluding hydrogens is 254 g/mol. The Labute approximate surface area is 121 Å². The average Bonchev–Trinajstić information content (AvgIpc) is 2.91. The number of aliphatic hydroxyl groups is 1. The highest BCUT2D eigenvalue weighted by Crippen LogP contribution is 2.31. The molecule has 2 rings (SSSR count). The Balaban J connectivity index is 1.99. The molecule has 1 aliphatic carbocycles. The van der Waals surface area contributed by atoms with Crippen LogP contribution in [0.5, 0.6) is 11.5 Å². The second kappa shape index (κ2) is 6.46. The zero-order valence-electron chi connectivity index (χ0n) is 12.6. The van der Waals surface area contributed by atoms with E-state index in [-0.39, 0.29) is 6.04 Å². The Bertz CT molecular complexity index is 441. The van der Waals surface area contributed by atoms with Crippen LogP contribution in [0.3, 0.4) is 0 Å². The molecule has 1 saturated carbocycles. The van der Waals surface area contributed by atoms with Crippen molar-refractivity contribution < 1.29 is 14.6 Å². The van der Waals surface area contributed by atoms with E-state index in [1.54, 1.807) is 14.2 Å². The first kappa shape index (κ1) is 15.1. The average molecular weight is 279 g/mol. The molecule has 20 heavy (non-hydrogen) atoms. The van der Waals surface area contributed by atoms with E-state index in [0.29, 0.717) is 6.54 Å². The third-order valence-corrected chi connectivity index (χ3v) is 4.18. The first-order valence-electron chi connectivity index (χ1n) is 7.26. The highest BCUT2D eigenvalue weighted by atomic mass is 16.5. The largest absolute Gasteiger partial charge is 0.493 e. The van der Waals surface area contributed by atoms with Crippen molar-refractivity contribution in [3.63, 3.8) is 0 Å². The minimum absolute atomic E-state index is 0.166. The van der Waals surface area contributed by atoms with Crippen LogP contribution in [0.2, 0.25) is 0 Å². The van der Waals surface area contributed by atoms with Crippen LogP contribution in [0, 0.1) is 0 Å². The number of ether oxygens (including phenoxy) is 2. The van der Waals surface area contributed by atoms with E-state index in [2.05, 4.69) is 12.2 Å². The van der Waals surface area contributed by atoms with E-state index < -0.39 is 5.60 Å². The van der Waals surface area contributed by atoms with E-state index in [1.807, 2.05) is 18.2 Å². The minimum atomic E-state index is -0.523. The molecule has 0 aromatic heterocycles. The summed E-state index contributed by atoms with van der Waals surface area (Å²) in [6, 6.07) is 6.09. The van der Waals surface area contributed by atoms with Crippen LogP contribution in [-0.2, 0) is 0 Å². The number of methoxy groups -OCH3 is 2. The van der Waals surface area contributed by atoms with Crippen molar-refractivity contribution in [1.82, 2.24) is 5.32 Å². The number of hydrogen-bond donors (Lipinski definition) is 2. The Morgan fingerprint density at radius 3 is 2.45 bits per heavy atom. The van der Waals surface area contributed by atoms with Crippen LogP contribution in [0.1, 0.15) is 44.2 Å². The summed E-state index contributed by atoms with van der Waals surface area (Å²) >= 11 is 0. The molecule has 0 spiro atoms. The first-order chi connectivity index (χ1) is 9.58.